The van der Waals surface area contributed by atoms with Gasteiger partial charge >= 0.3 is 5.97 Å². The topological polar surface area (TPSA) is 75.7 Å². The van der Waals surface area contributed by atoms with Gasteiger partial charge in [-0.25, -0.2) is 4.79 Å². The predicted molar refractivity (Wildman–Crippen MR) is 108 cm³/mol. The molecular formula is C22H32N2O4. The highest BCUT2D eigenvalue weighted by atomic mass is 16.5. The van der Waals surface area contributed by atoms with Crippen LogP contribution >= 0.6 is 0 Å². The van der Waals surface area contributed by atoms with Gasteiger partial charge in [-0.3, -0.25) is 9.59 Å². The van der Waals surface area contributed by atoms with E-state index in [0.29, 0.717) is 18.7 Å². The fraction of sp³-hybridized carbons (Fsp3) is 0.591. The second kappa shape index (κ2) is 9.22. The van der Waals surface area contributed by atoms with Crippen molar-refractivity contribution in [1.82, 2.24) is 10.2 Å². The first-order valence-electron chi connectivity index (χ1n) is 10.0. The van der Waals surface area contributed by atoms with Gasteiger partial charge in [0.15, 0.2) is 6.10 Å². The van der Waals surface area contributed by atoms with Crippen LogP contribution in [0.4, 0.5) is 0 Å². The van der Waals surface area contributed by atoms with Crippen molar-refractivity contribution in [2.45, 2.75) is 71.4 Å². The smallest absolute Gasteiger partial charge is 0.329 e. The van der Waals surface area contributed by atoms with Crippen LogP contribution in [0.15, 0.2) is 24.3 Å². The number of amides is 2. The maximum Gasteiger partial charge on any atom is 0.329 e. The molecule has 0 radical (unpaired) electrons. The summed E-state index contributed by atoms with van der Waals surface area (Å²) >= 11 is 0. The lowest BCUT2D eigenvalue weighted by atomic mass is 9.86. The Bertz CT molecular complexity index is 700. The molecule has 2 rings (SSSR count). The molecule has 6 heteroatoms. The molecule has 2 amide bonds. The highest BCUT2D eigenvalue weighted by molar-refractivity contribution is 5.97. The number of ether oxygens (including phenoxy) is 1. The quantitative estimate of drug-likeness (QED) is 0.787. The summed E-state index contributed by atoms with van der Waals surface area (Å²) in [7, 11) is 0. The van der Waals surface area contributed by atoms with Crippen molar-refractivity contribution in [3.8, 4) is 0 Å². The Kier molecular flexibility index (Phi) is 7.22. The number of rotatable bonds is 5. The Morgan fingerprint density at radius 2 is 1.57 bits per heavy atom. The van der Waals surface area contributed by atoms with Crippen molar-refractivity contribution in [1.29, 1.82) is 0 Å². The summed E-state index contributed by atoms with van der Waals surface area (Å²) in [4.78, 5) is 38.8. The van der Waals surface area contributed by atoms with Gasteiger partial charge in [-0.15, -0.1) is 0 Å². The van der Waals surface area contributed by atoms with Crippen molar-refractivity contribution in [2.24, 2.45) is 0 Å². The molecule has 0 spiro atoms. The van der Waals surface area contributed by atoms with Gasteiger partial charge in [-0.05, 0) is 56.2 Å². The zero-order valence-corrected chi connectivity index (χ0v) is 17.6. The lowest BCUT2D eigenvalue weighted by Crippen LogP contribution is -2.46. The van der Waals surface area contributed by atoms with E-state index in [9.17, 15) is 14.4 Å². The third-order valence-corrected chi connectivity index (χ3v) is 5.02. The average molecular weight is 389 g/mol. The SMILES string of the molecule is C[C@H](NC(=O)c1ccc(C(C)(C)C)cc1)C(=O)O[C@H](C)C(=O)N1CCCCC1. The normalized spacial score (nSPS) is 16.8. The predicted octanol–water partition coefficient (Wildman–Crippen LogP) is 3.05. The molecule has 1 aliphatic rings. The lowest BCUT2D eigenvalue weighted by molar-refractivity contribution is -0.160. The third-order valence-electron chi connectivity index (χ3n) is 5.02. The second-order valence-electron chi connectivity index (χ2n) is 8.49. The molecule has 1 saturated heterocycles. The zero-order valence-electron chi connectivity index (χ0n) is 17.6. The van der Waals surface area contributed by atoms with Crippen LogP contribution in [-0.2, 0) is 19.7 Å². The molecule has 6 nitrogen and oxygen atoms in total. The van der Waals surface area contributed by atoms with Gasteiger partial charge < -0.3 is 15.0 Å². The number of piperidine rings is 1. The number of esters is 1. The van der Waals surface area contributed by atoms with E-state index in [2.05, 4.69) is 26.1 Å². The van der Waals surface area contributed by atoms with Gasteiger partial charge in [0.2, 0.25) is 0 Å². The van der Waals surface area contributed by atoms with E-state index in [1.807, 2.05) is 12.1 Å². The lowest BCUT2D eigenvalue weighted by Gasteiger charge is -2.29. The van der Waals surface area contributed by atoms with Crippen LogP contribution in [0, 0.1) is 0 Å². The standard InChI is InChI=1S/C22H32N2O4/c1-15(21(27)28-16(2)20(26)24-13-7-6-8-14-24)23-19(25)17-9-11-18(12-10-17)22(3,4)5/h9-12,15-16H,6-8,13-14H2,1-5H3,(H,23,25)/t15-,16+/m0/s1. The number of hydrogen-bond acceptors (Lipinski definition) is 4. The minimum Gasteiger partial charge on any atom is -0.451 e. The molecule has 0 unspecified atom stereocenters. The maximum absolute atomic E-state index is 12.4. The Labute approximate surface area is 167 Å². The van der Waals surface area contributed by atoms with E-state index in [4.69, 9.17) is 4.74 Å². The Morgan fingerprint density at radius 1 is 1.00 bits per heavy atom. The highest BCUT2D eigenvalue weighted by Crippen LogP contribution is 2.22. The van der Waals surface area contributed by atoms with Crippen LogP contribution in [-0.4, -0.2) is 47.9 Å². The van der Waals surface area contributed by atoms with Crippen molar-refractivity contribution in [2.75, 3.05) is 13.1 Å². The van der Waals surface area contributed by atoms with E-state index in [0.717, 1.165) is 24.8 Å². The first-order chi connectivity index (χ1) is 13.1. The molecule has 28 heavy (non-hydrogen) atoms. The van der Waals surface area contributed by atoms with E-state index in [1.54, 1.807) is 30.9 Å². The molecule has 1 N–H and O–H groups in total. The van der Waals surface area contributed by atoms with Gasteiger partial charge in [-0.1, -0.05) is 32.9 Å². The average Bonchev–Trinajstić information content (AvgIpc) is 2.67. The monoisotopic (exact) mass is 388 g/mol. The van der Waals surface area contributed by atoms with Crippen LogP contribution in [0.5, 0.6) is 0 Å². The molecule has 154 valence electrons. The molecule has 0 saturated carbocycles. The molecule has 2 atom stereocenters. The Balaban J connectivity index is 1.88. The number of benzene rings is 1. The van der Waals surface area contributed by atoms with Crippen LogP contribution < -0.4 is 5.32 Å². The van der Waals surface area contributed by atoms with Gasteiger partial charge in [0.05, 0.1) is 0 Å². The number of nitrogens with one attached hydrogen (secondary N) is 1. The van der Waals surface area contributed by atoms with E-state index in [1.165, 1.54) is 0 Å². The number of likely N-dealkylation sites (tertiary alicyclic amines) is 1. The van der Waals surface area contributed by atoms with Gasteiger partial charge in [0.25, 0.3) is 11.8 Å². The number of carbonyl (C=O) groups excluding carboxylic acids is 3. The van der Waals surface area contributed by atoms with Gasteiger partial charge in [0, 0.05) is 18.7 Å². The summed E-state index contributed by atoms with van der Waals surface area (Å²) < 4.78 is 5.28. The first kappa shape index (κ1) is 21.9. The molecular weight excluding hydrogens is 356 g/mol. The van der Waals surface area contributed by atoms with E-state index in [-0.39, 0.29) is 17.2 Å². The Hall–Kier alpha value is -2.37. The summed E-state index contributed by atoms with van der Waals surface area (Å²) in [6.45, 7) is 10.9. The van der Waals surface area contributed by atoms with Crippen molar-refractivity contribution >= 4 is 17.8 Å². The molecule has 1 aromatic carbocycles. The fourth-order valence-corrected chi connectivity index (χ4v) is 3.16. The Morgan fingerprint density at radius 3 is 2.11 bits per heavy atom. The summed E-state index contributed by atoms with van der Waals surface area (Å²) in [5.74, 6) is -1.14. The zero-order chi connectivity index (χ0) is 20.9. The summed E-state index contributed by atoms with van der Waals surface area (Å²) in [5, 5.41) is 2.64. The van der Waals surface area contributed by atoms with Crippen molar-refractivity contribution in [3.05, 3.63) is 35.4 Å². The third kappa shape index (κ3) is 5.81. The maximum atomic E-state index is 12.4. The van der Waals surface area contributed by atoms with Crippen molar-refractivity contribution in [3.63, 3.8) is 0 Å². The minimum absolute atomic E-state index is 0.00311. The molecule has 1 aromatic rings. The summed E-state index contributed by atoms with van der Waals surface area (Å²) in [6.07, 6.45) is 2.23. The molecule has 1 fully saturated rings. The molecule has 0 aliphatic carbocycles. The minimum atomic E-state index is -0.851. The number of carbonyl (C=O) groups is 3. The molecule has 1 aliphatic heterocycles. The largest absolute Gasteiger partial charge is 0.451 e. The first-order valence-corrected chi connectivity index (χ1v) is 10.0. The highest BCUT2D eigenvalue weighted by Gasteiger charge is 2.27. The summed E-state index contributed by atoms with van der Waals surface area (Å²) in [5.41, 5.74) is 1.61. The van der Waals surface area contributed by atoms with Crippen LogP contribution in [0.25, 0.3) is 0 Å². The van der Waals surface area contributed by atoms with Gasteiger partial charge in [-0.2, -0.15) is 0 Å². The fourth-order valence-electron chi connectivity index (χ4n) is 3.16. The second-order valence-corrected chi connectivity index (χ2v) is 8.49. The van der Waals surface area contributed by atoms with E-state index < -0.39 is 18.1 Å². The number of hydrogen-bond donors (Lipinski definition) is 1. The van der Waals surface area contributed by atoms with Crippen LogP contribution in [0.2, 0.25) is 0 Å². The van der Waals surface area contributed by atoms with Gasteiger partial charge in [0.1, 0.15) is 6.04 Å². The molecule has 0 bridgehead atoms. The molecule has 1 heterocycles. The van der Waals surface area contributed by atoms with E-state index >= 15 is 0 Å². The molecule has 0 aromatic heterocycles. The summed E-state index contributed by atoms with van der Waals surface area (Å²) in [6, 6.07) is 6.48. The van der Waals surface area contributed by atoms with Crippen LogP contribution in [0.3, 0.4) is 0 Å². The van der Waals surface area contributed by atoms with Crippen LogP contribution in [0.1, 0.15) is 69.8 Å². The number of nitrogens with zero attached hydrogens (tertiary/aromatic N) is 1. The van der Waals surface area contributed by atoms with Crippen molar-refractivity contribution < 1.29 is 19.1 Å².